The highest BCUT2D eigenvalue weighted by Gasteiger charge is 2.28. The van der Waals surface area contributed by atoms with E-state index < -0.39 is 11.8 Å². The second-order valence-corrected chi connectivity index (χ2v) is 6.28. The van der Waals surface area contributed by atoms with Gasteiger partial charge in [0.15, 0.2) is 0 Å². The zero-order valence-electron chi connectivity index (χ0n) is 13.8. The molecule has 1 saturated heterocycles. The first-order valence-corrected chi connectivity index (χ1v) is 8.51. The van der Waals surface area contributed by atoms with Gasteiger partial charge in [0.25, 0.3) is 0 Å². The molecule has 1 aliphatic carbocycles. The molecule has 0 aromatic heterocycles. The van der Waals surface area contributed by atoms with Crippen LogP contribution in [-0.4, -0.2) is 61.5 Å². The van der Waals surface area contributed by atoms with Crippen LogP contribution in [-0.2, 0) is 19.1 Å². The quantitative estimate of drug-likeness (QED) is 0.699. The lowest BCUT2D eigenvalue weighted by atomic mass is 9.95. The highest BCUT2D eigenvalue weighted by Crippen LogP contribution is 2.17. The summed E-state index contributed by atoms with van der Waals surface area (Å²) < 4.78 is 5.19. The number of nitrogens with zero attached hydrogens (tertiary/aromatic N) is 1. The Morgan fingerprint density at radius 3 is 2.43 bits per heavy atom. The van der Waals surface area contributed by atoms with E-state index in [1.165, 1.54) is 6.42 Å². The van der Waals surface area contributed by atoms with E-state index in [4.69, 9.17) is 4.74 Å². The molecule has 2 N–H and O–H groups in total. The van der Waals surface area contributed by atoms with Gasteiger partial charge in [0, 0.05) is 19.1 Å². The third-order valence-electron chi connectivity index (χ3n) is 4.48. The molecule has 0 aromatic rings. The van der Waals surface area contributed by atoms with Gasteiger partial charge in [-0.25, -0.2) is 0 Å². The van der Waals surface area contributed by atoms with E-state index in [9.17, 15) is 14.4 Å². The average Bonchev–Trinajstić information content (AvgIpc) is 2.60. The van der Waals surface area contributed by atoms with Crippen molar-refractivity contribution < 1.29 is 19.1 Å². The number of hydrogen-bond acceptors (Lipinski definition) is 4. The maximum atomic E-state index is 12.2. The number of nitrogens with one attached hydrogen (secondary N) is 2. The Balaban J connectivity index is 1.70. The maximum Gasteiger partial charge on any atom is 0.239 e. The summed E-state index contributed by atoms with van der Waals surface area (Å²) in [5.41, 5.74) is 0. The lowest BCUT2D eigenvalue weighted by Gasteiger charge is -2.29. The fourth-order valence-electron chi connectivity index (χ4n) is 3.02. The minimum Gasteiger partial charge on any atom is -0.378 e. The maximum absolute atomic E-state index is 12.2. The normalized spacial score (nSPS) is 20.7. The number of ether oxygens (including phenoxy) is 1. The summed E-state index contributed by atoms with van der Waals surface area (Å²) in [5.74, 6) is -1.58. The minimum atomic E-state index is -0.782. The number of rotatable bonds is 5. The zero-order chi connectivity index (χ0) is 16.7. The standard InChI is InChI=1S/C16H27N3O4/c1-12(16(22)19-7-9-23-10-8-19)15(21)17-11-14(20)18-13-5-3-2-4-6-13/h12-13H,2-11H2,1H3,(H,17,21)(H,18,20). The van der Waals surface area contributed by atoms with Gasteiger partial charge in [-0.05, 0) is 19.8 Å². The minimum absolute atomic E-state index is 0.0733. The van der Waals surface area contributed by atoms with Crippen LogP contribution in [0.25, 0.3) is 0 Å². The highest BCUT2D eigenvalue weighted by molar-refractivity contribution is 6.00. The van der Waals surface area contributed by atoms with Crippen LogP contribution in [0.5, 0.6) is 0 Å². The van der Waals surface area contributed by atoms with Gasteiger partial charge in [-0.15, -0.1) is 0 Å². The van der Waals surface area contributed by atoms with Crippen LogP contribution in [0.1, 0.15) is 39.0 Å². The van der Waals surface area contributed by atoms with Crippen molar-refractivity contribution in [3.05, 3.63) is 0 Å². The fraction of sp³-hybridized carbons (Fsp3) is 0.812. The van der Waals surface area contributed by atoms with E-state index in [-0.39, 0.29) is 24.4 Å². The van der Waals surface area contributed by atoms with Gasteiger partial charge >= 0.3 is 0 Å². The van der Waals surface area contributed by atoms with Gasteiger partial charge in [-0.2, -0.15) is 0 Å². The number of morpholine rings is 1. The van der Waals surface area contributed by atoms with Gasteiger partial charge in [0.1, 0.15) is 5.92 Å². The topological polar surface area (TPSA) is 87.7 Å². The molecule has 0 aromatic carbocycles. The first-order chi connectivity index (χ1) is 11.1. The molecule has 1 saturated carbocycles. The molecule has 3 amide bonds. The largest absolute Gasteiger partial charge is 0.378 e. The number of amides is 3. The lowest BCUT2D eigenvalue weighted by Crippen LogP contribution is -2.49. The molecule has 2 aliphatic rings. The molecule has 130 valence electrons. The predicted octanol–water partition coefficient (Wildman–Crippen LogP) is 0.0464. The van der Waals surface area contributed by atoms with E-state index >= 15 is 0 Å². The van der Waals surface area contributed by atoms with Crippen LogP contribution >= 0.6 is 0 Å². The summed E-state index contributed by atoms with van der Waals surface area (Å²) in [7, 11) is 0. The van der Waals surface area contributed by atoms with Crippen molar-refractivity contribution >= 4 is 17.7 Å². The Hall–Kier alpha value is -1.63. The van der Waals surface area contributed by atoms with E-state index in [1.807, 2.05) is 0 Å². The van der Waals surface area contributed by atoms with Crippen molar-refractivity contribution in [3.8, 4) is 0 Å². The monoisotopic (exact) mass is 325 g/mol. The van der Waals surface area contributed by atoms with E-state index in [2.05, 4.69) is 10.6 Å². The predicted molar refractivity (Wildman–Crippen MR) is 84.6 cm³/mol. The molecule has 1 aliphatic heterocycles. The third-order valence-corrected chi connectivity index (χ3v) is 4.48. The van der Waals surface area contributed by atoms with Crippen LogP contribution in [0.15, 0.2) is 0 Å². The van der Waals surface area contributed by atoms with Crippen molar-refractivity contribution in [1.29, 1.82) is 0 Å². The van der Waals surface area contributed by atoms with Crippen molar-refractivity contribution in [3.63, 3.8) is 0 Å². The molecular weight excluding hydrogens is 298 g/mol. The molecule has 1 heterocycles. The summed E-state index contributed by atoms with van der Waals surface area (Å²) in [4.78, 5) is 37.8. The van der Waals surface area contributed by atoms with Gasteiger partial charge in [0.05, 0.1) is 19.8 Å². The van der Waals surface area contributed by atoms with E-state index in [1.54, 1.807) is 11.8 Å². The summed E-state index contributed by atoms with van der Waals surface area (Å²) in [6.45, 7) is 3.53. The summed E-state index contributed by atoms with van der Waals surface area (Å²) in [6.07, 6.45) is 5.52. The SMILES string of the molecule is CC(C(=O)NCC(=O)NC1CCCCC1)C(=O)N1CCOCC1. The molecule has 7 heteroatoms. The second-order valence-electron chi connectivity index (χ2n) is 6.28. The number of carbonyl (C=O) groups is 3. The summed E-state index contributed by atoms with van der Waals surface area (Å²) in [6, 6.07) is 0.223. The van der Waals surface area contributed by atoms with Gasteiger partial charge < -0.3 is 20.3 Å². The van der Waals surface area contributed by atoms with E-state index in [0.29, 0.717) is 26.3 Å². The molecule has 0 radical (unpaired) electrons. The lowest BCUT2D eigenvalue weighted by molar-refractivity contribution is -0.145. The molecule has 7 nitrogen and oxygen atoms in total. The van der Waals surface area contributed by atoms with Crippen LogP contribution in [0.2, 0.25) is 0 Å². The first-order valence-electron chi connectivity index (χ1n) is 8.51. The first kappa shape index (κ1) is 17.7. The highest BCUT2D eigenvalue weighted by atomic mass is 16.5. The number of carbonyl (C=O) groups excluding carboxylic acids is 3. The van der Waals surface area contributed by atoms with Crippen molar-refractivity contribution in [1.82, 2.24) is 15.5 Å². The molecule has 23 heavy (non-hydrogen) atoms. The molecule has 1 unspecified atom stereocenters. The van der Waals surface area contributed by atoms with Crippen molar-refractivity contribution in [2.45, 2.75) is 45.1 Å². The van der Waals surface area contributed by atoms with Crippen LogP contribution in [0, 0.1) is 5.92 Å². The summed E-state index contributed by atoms with van der Waals surface area (Å²) in [5, 5.41) is 5.50. The number of hydrogen-bond donors (Lipinski definition) is 2. The zero-order valence-corrected chi connectivity index (χ0v) is 13.8. The van der Waals surface area contributed by atoms with Gasteiger partial charge in [-0.1, -0.05) is 19.3 Å². The average molecular weight is 325 g/mol. The van der Waals surface area contributed by atoms with Crippen LogP contribution < -0.4 is 10.6 Å². The van der Waals surface area contributed by atoms with Crippen molar-refractivity contribution in [2.24, 2.45) is 5.92 Å². The molecule has 0 bridgehead atoms. The third kappa shape index (κ3) is 5.49. The Morgan fingerprint density at radius 2 is 1.78 bits per heavy atom. The Morgan fingerprint density at radius 1 is 1.13 bits per heavy atom. The van der Waals surface area contributed by atoms with Gasteiger partial charge in [-0.3, -0.25) is 14.4 Å². The molecule has 2 rings (SSSR count). The van der Waals surface area contributed by atoms with Crippen LogP contribution in [0.3, 0.4) is 0 Å². The van der Waals surface area contributed by atoms with Crippen LogP contribution in [0.4, 0.5) is 0 Å². The molecular formula is C16H27N3O4. The molecule has 0 spiro atoms. The smallest absolute Gasteiger partial charge is 0.239 e. The van der Waals surface area contributed by atoms with Crippen molar-refractivity contribution in [2.75, 3.05) is 32.8 Å². The molecule has 2 fully saturated rings. The van der Waals surface area contributed by atoms with Gasteiger partial charge in [0.2, 0.25) is 17.7 Å². The Labute approximate surface area is 137 Å². The second kappa shape index (κ2) is 8.86. The summed E-state index contributed by atoms with van der Waals surface area (Å²) >= 11 is 0. The Bertz CT molecular complexity index is 429. The van der Waals surface area contributed by atoms with E-state index in [0.717, 1.165) is 25.7 Å². The Kier molecular flexibility index (Phi) is 6.83. The molecule has 1 atom stereocenters. The fourth-order valence-corrected chi connectivity index (χ4v) is 3.02.